The third-order valence-corrected chi connectivity index (χ3v) is 3.54. The van der Waals surface area contributed by atoms with Gasteiger partial charge in [-0.1, -0.05) is 43.3 Å². The van der Waals surface area contributed by atoms with E-state index >= 15 is 0 Å². The molecule has 1 N–H and O–H groups in total. The predicted molar refractivity (Wildman–Crippen MR) is 84.1 cm³/mol. The first-order chi connectivity index (χ1) is 10.3. The topological polar surface area (TPSA) is 21.3 Å². The maximum atomic E-state index is 13.9. The normalized spacial score (nSPS) is 12.1. The zero-order valence-electron chi connectivity index (χ0n) is 12.6. The van der Waals surface area contributed by atoms with Gasteiger partial charge in [0.1, 0.15) is 11.6 Å². The first-order valence-electron chi connectivity index (χ1n) is 7.36. The molecule has 2 aromatic rings. The molecule has 21 heavy (non-hydrogen) atoms. The van der Waals surface area contributed by atoms with Crippen molar-refractivity contribution in [3.8, 4) is 5.75 Å². The van der Waals surface area contributed by atoms with Crippen LogP contribution in [0.1, 0.15) is 30.5 Å². The Morgan fingerprint density at radius 1 is 1.10 bits per heavy atom. The number of rotatable bonds is 7. The lowest BCUT2D eigenvalue weighted by Crippen LogP contribution is -2.25. The molecule has 112 valence electrons. The number of benzene rings is 2. The van der Waals surface area contributed by atoms with Crippen molar-refractivity contribution in [2.75, 3.05) is 13.7 Å². The van der Waals surface area contributed by atoms with Crippen LogP contribution in [0.5, 0.6) is 5.75 Å². The molecule has 0 aliphatic carbocycles. The number of hydrogen-bond donors (Lipinski definition) is 1. The van der Waals surface area contributed by atoms with Gasteiger partial charge in [-0.25, -0.2) is 4.39 Å². The van der Waals surface area contributed by atoms with Gasteiger partial charge in [0.15, 0.2) is 0 Å². The molecular formula is C18H22FNO. The van der Waals surface area contributed by atoms with Gasteiger partial charge in [0.05, 0.1) is 7.11 Å². The van der Waals surface area contributed by atoms with Gasteiger partial charge in [-0.2, -0.15) is 0 Å². The molecule has 0 heterocycles. The van der Waals surface area contributed by atoms with Crippen molar-refractivity contribution in [2.45, 2.75) is 25.8 Å². The second-order valence-corrected chi connectivity index (χ2v) is 5.04. The highest BCUT2D eigenvalue weighted by atomic mass is 19.1. The number of methoxy groups -OCH3 is 1. The Hall–Kier alpha value is -1.87. The predicted octanol–water partition coefficient (Wildman–Crippen LogP) is 4.12. The van der Waals surface area contributed by atoms with Crippen LogP contribution in [-0.4, -0.2) is 13.7 Å². The maximum absolute atomic E-state index is 13.9. The molecule has 0 radical (unpaired) electrons. The lowest BCUT2D eigenvalue weighted by atomic mass is 9.97. The Morgan fingerprint density at radius 3 is 2.52 bits per heavy atom. The summed E-state index contributed by atoms with van der Waals surface area (Å²) in [6.07, 6.45) is 1.63. The molecule has 3 heteroatoms. The summed E-state index contributed by atoms with van der Waals surface area (Å²) in [7, 11) is 1.67. The highest BCUT2D eigenvalue weighted by Crippen LogP contribution is 2.28. The fraction of sp³-hybridized carbons (Fsp3) is 0.333. The van der Waals surface area contributed by atoms with Crippen molar-refractivity contribution in [1.29, 1.82) is 0 Å². The zero-order chi connectivity index (χ0) is 15.1. The van der Waals surface area contributed by atoms with E-state index in [0.29, 0.717) is 6.42 Å². The third kappa shape index (κ3) is 4.05. The average Bonchev–Trinajstić information content (AvgIpc) is 2.53. The van der Waals surface area contributed by atoms with Crippen LogP contribution in [0.3, 0.4) is 0 Å². The minimum Gasteiger partial charge on any atom is -0.496 e. The Morgan fingerprint density at radius 2 is 1.81 bits per heavy atom. The summed E-state index contributed by atoms with van der Waals surface area (Å²) in [6, 6.07) is 14.9. The summed E-state index contributed by atoms with van der Waals surface area (Å²) < 4.78 is 19.4. The van der Waals surface area contributed by atoms with Crippen molar-refractivity contribution in [1.82, 2.24) is 5.32 Å². The largest absolute Gasteiger partial charge is 0.496 e. The minimum absolute atomic E-state index is 0.0398. The van der Waals surface area contributed by atoms with Gasteiger partial charge in [-0.15, -0.1) is 0 Å². The standard InChI is InChI=1S/C18H22FNO/c1-3-12-20-17(13-14-8-4-6-10-16(14)19)15-9-5-7-11-18(15)21-2/h4-11,17,20H,3,12-13H2,1-2H3. The smallest absolute Gasteiger partial charge is 0.126 e. The average molecular weight is 287 g/mol. The van der Waals surface area contributed by atoms with Gasteiger partial charge >= 0.3 is 0 Å². The number of hydrogen-bond acceptors (Lipinski definition) is 2. The lowest BCUT2D eigenvalue weighted by Gasteiger charge is -2.21. The van der Waals surface area contributed by atoms with E-state index < -0.39 is 0 Å². The third-order valence-electron chi connectivity index (χ3n) is 3.54. The summed E-state index contributed by atoms with van der Waals surface area (Å²) >= 11 is 0. The van der Waals surface area contributed by atoms with Crippen molar-refractivity contribution >= 4 is 0 Å². The molecule has 0 spiro atoms. The monoisotopic (exact) mass is 287 g/mol. The molecule has 0 aliphatic heterocycles. The first-order valence-corrected chi connectivity index (χ1v) is 7.36. The molecule has 2 nitrogen and oxygen atoms in total. The second-order valence-electron chi connectivity index (χ2n) is 5.04. The van der Waals surface area contributed by atoms with Crippen molar-refractivity contribution in [2.24, 2.45) is 0 Å². The van der Waals surface area contributed by atoms with E-state index in [4.69, 9.17) is 4.74 Å². The minimum atomic E-state index is -0.157. The Balaban J connectivity index is 2.28. The van der Waals surface area contributed by atoms with Crippen LogP contribution in [0, 0.1) is 5.82 Å². The summed E-state index contributed by atoms with van der Waals surface area (Å²) in [5.41, 5.74) is 1.79. The summed E-state index contributed by atoms with van der Waals surface area (Å²) in [6.45, 7) is 3.01. The van der Waals surface area contributed by atoms with Gasteiger partial charge in [0.2, 0.25) is 0 Å². The van der Waals surface area contributed by atoms with E-state index in [1.807, 2.05) is 36.4 Å². The molecular weight excluding hydrogens is 265 g/mol. The van der Waals surface area contributed by atoms with E-state index in [9.17, 15) is 4.39 Å². The van der Waals surface area contributed by atoms with Crippen LogP contribution in [0.25, 0.3) is 0 Å². The van der Waals surface area contributed by atoms with Gasteiger partial charge in [0.25, 0.3) is 0 Å². The van der Waals surface area contributed by atoms with Crippen molar-refractivity contribution in [3.63, 3.8) is 0 Å². The molecule has 0 saturated heterocycles. The van der Waals surface area contributed by atoms with Crippen molar-refractivity contribution < 1.29 is 9.13 Å². The van der Waals surface area contributed by atoms with E-state index in [-0.39, 0.29) is 11.9 Å². The highest BCUT2D eigenvalue weighted by molar-refractivity contribution is 5.37. The molecule has 2 rings (SSSR count). The van der Waals surface area contributed by atoms with Crippen LogP contribution >= 0.6 is 0 Å². The van der Waals surface area contributed by atoms with Gasteiger partial charge in [-0.3, -0.25) is 0 Å². The van der Waals surface area contributed by atoms with Crippen LogP contribution in [0.15, 0.2) is 48.5 Å². The van der Waals surface area contributed by atoms with Crippen molar-refractivity contribution in [3.05, 3.63) is 65.5 Å². The summed E-state index contributed by atoms with van der Waals surface area (Å²) in [5.74, 6) is 0.679. The number of halogens is 1. The van der Waals surface area contributed by atoms with E-state index in [0.717, 1.165) is 29.8 Å². The molecule has 0 aromatic heterocycles. The molecule has 0 fully saturated rings. The molecule has 2 aromatic carbocycles. The fourth-order valence-electron chi connectivity index (χ4n) is 2.45. The van der Waals surface area contributed by atoms with Gasteiger partial charge in [-0.05, 0) is 37.1 Å². The molecule has 1 unspecified atom stereocenters. The number of nitrogens with one attached hydrogen (secondary N) is 1. The lowest BCUT2D eigenvalue weighted by molar-refractivity contribution is 0.397. The Kier molecular flexibility index (Phi) is 5.76. The first kappa shape index (κ1) is 15.5. The molecule has 0 bridgehead atoms. The van der Waals surface area contributed by atoms with Crippen LogP contribution in [0.2, 0.25) is 0 Å². The second kappa shape index (κ2) is 7.79. The summed E-state index contributed by atoms with van der Waals surface area (Å²) in [5, 5.41) is 3.49. The Bertz CT molecular complexity index is 571. The van der Waals surface area contributed by atoms with E-state index in [1.54, 1.807) is 13.2 Å². The number of para-hydroxylation sites is 1. The Labute approximate surface area is 126 Å². The molecule has 0 aliphatic rings. The summed E-state index contributed by atoms with van der Waals surface area (Å²) in [4.78, 5) is 0. The SMILES string of the molecule is CCCNC(Cc1ccccc1F)c1ccccc1OC. The van der Waals surface area contributed by atoms with Gasteiger partial charge in [0, 0.05) is 11.6 Å². The van der Waals surface area contributed by atoms with Crippen LogP contribution < -0.4 is 10.1 Å². The fourth-order valence-corrected chi connectivity index (χ4v) is 2.45. The quantitative estimate of drug-likeness (QED) is 0.827. The highest BCUT2D eigenvalue weighted by Gasteiger charge is 2.17. The maximum Gasteiger partial charge on any atom is 0.126 e. The zero-order valence-corrected chi connectivity index (χ0v) is 12.6. The molecule has 0 saturated carbocycles. The van der Waals surface area contributed by atoms with Gasteiger partial charge < -0.3 is 10.1 Å². The van der Waals surface area contributed by atoms with E-state index in [2.05, 4.69) is 12.2 Å². The molecule has 1 atom stereocenters. The van der Waals surface area contributed by atoms with E-state index in [1.165, 1.54) is 6.07 Å². The van der Waals surface area contributed by atoms with Crippen LogP contribution in [-0.2, 0) is 6.42 Å². The molecule has 0 amide bonds. The number of ether oxygens (including phenoxy) is 1. The van der Waals surface area contributed by atoms with Crippen LogP contribution in [0.4, 0.5) is 4.39 Å².